The largest absolute Gasteiger partial charge is 0.464 e. The molecule has 0 amide bonds. The minimum Gasteiger partial charge on any atom is -0.464 e. The number of fused-ring (bicyclic) bond motifs is 1. The number of nitrogens with zero attached hydrogens (tertiary/aromatic N) is 2. The van der Waals surface area contributed by atoms with Gasteiger partial charge in [0.15, 0.2) is 11.5 Å². The molecule has 0 saturated carbocycles. The first-order valence-electron chi connectivity index (χ1n) is 8.28. The lowest BCUT2D eigenvalue weighted by molar-refractivity contribution is 0.536. The Bertz CT molecular complexity index is 1260. The highest BCUT2D eigenvalue weighted by molar-refractivity contribution is 6.42. The molecule has 0 aliphatic carbocycles. The summed E-state index contributed by atoms with van der Waals surface area (Å²) in [6.45, 7) is 0. The molecule has 4 aromatic heterocycles. The van der Waals surface area contributed by atoms with E-state index in [4.69, 9.17) is 36.5 Å². The summed E-state index contributed by atoms with van der Waals surface area (Å²) in [6.07, 6.45) is 4.59. The maximum Gasteiger partial charge on any atom is 0.232 e. The average molecular weight is 412 g/mol. The molecule has 0 aliphatic rings. The Morgan fingerprint density at radius 3 is 2.36 bits per heavy atom. The summed E-state index contributed by atoms with van der Waals surface area (Å²) in [6, 6.07) is 12.5. The van der Waals surface area contributed by atoms with E-state index < -0.39 is 0 Å². The molecule has 0 unspecified atom stereocenters. The van der Waals surface area contributed by atoms with E-state index in [1.165, 1.54) is 6.33 Å². The van der Waals surface area contributed by atoms with Gasteiger partial charge in [0.1, 0.15) is 17.9 Å². The minimum absolute atomic E-state index is 0.398. The van der Waals surface area contributed by atoms with Crippen LogP contribution in [0, 0.1) is 0 Å². The number of anilines is 2. The first-order valence-corrected chi connectivity index (χ1v) is 9.03. The quantitative estimate of drug-likeness (QED) is 0.350. The molecule has 0 aliphatic heterocycles. The van der Waals surface area contributed by atoms with Crippen molar-refractivity contribution >= 4 is 45.8 Å². The van der Waals surface area contributed by atoms with Crippen LogP contribution in [0.5, 0.6) is 0 Å². The van der Waals surface area contributed by atoms with E-state index in [-0.39, 0.29) is 0 Å². The maximum atomic E-state index is 6.13. The van der Waals surface area contributed by atoms with Crippen LogP contribution in [0.25, 0.3) is 33.9 Å². The van der Waals surface area contributed by atoms with Crippen LogP contribution in [0.15, 0.2) is 74.6 Å². The number of benzene rings is 1. The number of aromatic nitrogens is 2. The van der Waals surface area contributed by atoms with Crippen LogP contribution in [-0.4, -0.2) is 9.97 Å². The van der Waals surface area contributed by atoms with Crippen LogP contribution in [0.1, 0.15) is 0 Å². The van der Waals surface area contributed by atoms with Gasteiger partial charge in [-0.1, -0.05) is 23.2 Å². The molecule has 4 heterocycles. The summed E-state index contributed by atoms with van der Waals surface area (Å²) in [7, 11) is 0. The van der Waals surface area contributed by atoms with E-state index in [2.05, 4.69) is 15.3 Å². The first kappa shape index (κ1) is 16.9. The third-order valence-corrected chi connectivity index (χ3v) is 4.92. The molecule has 138 valence electrons. The number of furan rings is 3. The molecule has 0 atom stereocenters. The zero-order valence-corrected chi connectivity index (χ0v) is 15.7. The molecule has 0 bridgehead atoms. The predicted octanol–water partition coefficient (Wildman–Crippen LogP) is 6.79. The second kappa shape index (κ2) is 6.74. The molecular weight excluding hydrogens is 401 g/mol. The van der Waals surface area contributed by atoms with Gasteiger partial charge in [0.05, 0.1) is 33.5 Å². The van der Waals surface area contributed by atoms with E-state index in [0.29, 0.717) is 49.8 Å². The van der Waals surface area contributed by atoms with Crippen molar-refractivity contribution in [3.63, 3.8) is 0 Å². The van der Waals surface area contributed by atoms with Gasteiger partial charge in [-0.3, -0.25) is 0 Å². The minimum atomic E-state index is 0.398. The van der Waals surface area contributed by atoms with Gasteiger partial charge in [0, 0.05) is 5.69 Å². The van der Waals surface area contributed by atoms with E-state index in [1.54, 1.807) is 36.8 Å². The Kier molecular flexibility index (Phi) is 4.07. The molecule has 28 heavy (non-hydrogen) atoms. The molecule has 1 aromatic carbocycles. The SMILES string of the molecule is Clc1ccc(Nc2ncnc3oc(-c4ccco4)c(-c4ccco4)c23)cc1Cl. The molecule has 6 nitrogen and oxygen atoms in total. The summed E-state index contributed by atoms with van der Waals surface area (Å²) in [5, 5.41) is 4.82. The zero-order valence-electron chi connectivity index (χ0n) is 14.1. The summed E-state index contributed by atoms with van der Waals surface area (Å²) < 4.78 is 17.2. The summed E-state index contributed by atoms with van der Waals surface area (Å²) in [4.78, 5) is 8.66. The molecule has 0 spiro atoms. The van der Waals surface area contributed by atoms with Crippen molar-refractivity contribution in [2.75, 3.05) is 5.32 Å². The standard InChI is InChI=1S/C20H11Cl2N3O3/c21-12-6-5-11(9-13(12)22)25-19-17-16(14-3-1-7-26-14)18(15-4-2-8-27-15)28-20(17)24-10-23-19/h1-10H,(H,23,24,25). The van der Waals surface area contributed by atoms with Crippen molar-refractivity contribution in [2.24, 2.45) is 0 Å². The number of hydrogen-bond donors (Lipinski definition) is 1. The van der Waals surface area contributed by atoms with Crippen LogP contribution in [0.4, 0.5) is 11.5 Å². The molecular formula is C20H11Cl2N3O3. The Morgan fingerprint density at radius 2 is 1.64 bits per heavy atom. The van der Waals surface area contributed by atoms with E-state index in [9.17, 15) is 0 Å². The fourth-order valence-corrected chi connectivity index (χ4v) is 3.27. The first-order chi connectivity index (χ1) is 13.7. The lowest BCUT2D eigenvalue weighted by atomic mass is 10.1. The summed E-state index contributed by atoms with van der Waals surface area (Å²) >= 11 is 12.1. The zero-order chi connectivity index (χ0) is 19.1. The van der Waals surface area contributed by atoms with Crippen LogP contribution in [0.3, 0.4) is 0 Å². The Morgan fingerprint density at radius 1 is 0.857 bits per heavy atom. The van der Waals surface area contributed by atoms with Gasteiger partial charge in [0.25, 0.3) is 0 Å². The van der Waals surface area contributed by atoms with Crippen LogP contribution in [-0.2, 0) is 0 Å². The molecule has 8 heteroatoms. The van der Waals surface area contributed by atoms with E-state index in [1.807, 2.05) is 18.2 Å². The number of rotatable bonds is 4. The van der Waals surface area contributed by atoms with Crippen molar-refractivity contribution in [3.05, 3.63) is 71.4 Å². The van der Waals surface area contributed by atoms with E-state index >= 15 is 0 Å². The average Bonchev–Trinajstić information content (AvgIpc) is 3.44. The van der Waals surface area contributed by atoms with Gasteiger partial charge in [-0.25, -0.2) is 9.97 Å². The van der Waals surface area contributed by atoms with Gasteiger partial charge in [0.2, 0.25) is 5.71 Å². The van der Waals surface area contributed by atoms with Crippen molar-refractivity contribution in [2.45, 2.75) is 0 Å². The Balaban J connectivity index is 1.73. The van der Waals surface area contributed by atoms with Crippen LogP contribution < -0.4 is 5.32 Å². The maximum absolute atomic E-state index is 6.13. The third kappa shape index (κ3) is 2.83. The Labute approximate surface area is 168 Å². The normalized spacial score (nSPS) is 11.2. The monoisotopic (exact) mass is 411 g/mol. The number of hydrogen-bond acceptors (Lipinski definition) is 6. The molecule has 0 saturated heterocycles. The van der Waals surface area contributed by atoms with Crippen molar-refractivity contribution < 1.29 is 13.3 Å². The lowest BCUT2D eigenvalue weighted by Gasteiger charge is -2.08. The molecule has 5 rings (SSSR count). The van der Waals surface area contributed by atoms with Crippen LogP contribution in [0.2, 0.25) is 10.0 Å². The molecule has 0 radical (unpaired) electrons. The molecule has 1 N–H and O–H groups in total. The fourth-order valence-electron chi connectivity index (χ4n) is 2.98. The smallest absolute Gasteiger partial charge is 0.232 e. The predicted molar refractivity (Wildman–Crippen MR) is 107 cm³/mol. The van der Waals surface area contributed by atoms with Gasteiger partial charge in [-0.05, 0) is 42.5 Å². The van der Waals surface area contributed by atoms with E-state index in [0.717, 1.165) is 5.69 Å². The van der Waals surface area contributed by atoms with Crippen molar-refractivity contribution in [1.82, 2.24) is 9.97 Å². The van der Waals surface area contributed by atoms with Crippen molar-refractivity contribution in [3.8, 4) is 22.8 Å². The number of halogens is 2. The fraction of sp³-hybridized carbons (Fsp3) is 0. The second-order valence-electron chi connectivity index (χ2n) is 5.92. The third-order valence-electron chi connectivity index (χ3n) is 4.18. The van der Waals surface area contributed by atoms with Gasteiger partial charge in [-0.2, -0.15) is 0 Å². The highest BCUT2D eigenvalue weighted by Gasteiger charge is 2.25. The molecule has 5 aromatic rings. The van der Waals surface area contributed by atoms with Gasteiger partial charge in [-0.15, -0.1) is 0 Å². The van der Waals surface area contributed by atoms with Gasteiger partial charge >= 0.3 is 0 Å². The second-order valence-corrected chi connectivity index (χ2v) is 6.73. The summed E-state index contributed by atoms with van der Waals surface area (Å²) in [5.41, 5.74) is 1.81. The topological polar surface area (TPSA) is 77.2 Å². The number of nitrogens with one attached hydrogen (secondary N) is 1. The van der Waals surface area contributed by atoms with Crippen LogP contribution >= 0.6 is 23.2 Å². The Hall–Kier alpha value is -3.22. The highest BCUT2D eigenvalue weighted by atomic mass is 35.5. The summed E-state index contributed by atoms with van der Waals surface area (Å²) in [5.74, 6) is 2.21. The van der Waals surface area contributed by atoms with Crippen molar-refractivity contribution in [1.29, 1.82) is 0 Å². The highest BCUT2D eigenvalue weighted by Crippen LogP contribution is 2.43. The lowest BCUT2D eigenvalue weighted by Crippen LogP contribution is -1.95. The van der Waals surface area contributed by atoms with Gasteiger partial charge < -0.3 is 18.6 Å². The molecule has 0 fully saturated rings.